The van der Waals surface area contributed by atoms with E-state index in [-0.39, 0.29) is 5.91 Å². The van der Waals surface area contributed by atoms with Crippen LogP contribution in [0.5, 0.6) is 0 Å². The Hall–Kier alpha value is -1.85. The molecule has 0 unspecified atom stereocenters. The van der Waals surface area contributed by atoms with Crippen LogP contribution in [0.15, 0.2) is 35.7 Å². The number of thiophene rings is 1. The molecule has 26 heavy (non-hydrogen) atoms. The van der Waals surface area contributed by atoms with E-state index in [1.165, 1.54) is 29.7 Å². The molecule has 2 atom stereocenters. The Balaban J connectivity index is 1.61. The van der Waals surface area contributed by atoms with Crippen LogP contribution >= 0.6 is 11.3 Å². The van der Waals surface area contributed by atoms with E-state index in [0.717, 1.165) is 13.0 Å². The van der Waals surface area contributed by atoms with Crippen LogP contribution in [0.1, 0.15) is 60.0 Å². The van der Waals surface area contributed by atoms with Gasteiger partial charge in [-0.05, 0) is 61.0 Å². The number of fused-ring (bicyclic) bond motifs is 1. The maximum atomic E-state index is 12.3. The molecular weight excluding hydrogens is 342 g/mol. The van der Waals surface area contributed by atoms with E-state index < -0.39 is 0 Å². The lowest BCUT2D eigenvalue weighted by Crippen LogP contribution is -2.45. The summed E-state index contributed by atoms with van der Waals surface area (Å²) in [6, 6.07) is 10.4. The average Bonchev–Trinajstić information content (AvgIpc) is 3.09. The first kappa shape index (κ1) is 18.9. The summed E-state index contributed by atoms with van der Waals surface area (Å²) < 4.78 is 0. The minimum absolute atomic E-state index is 0.0309. The van der Waals surface area contributed by atoms with Gasteiger partial charge < -0.3 is 11.1 Å². The average molecular weight is 372 g/mol. The molecule has 1 amide bonds. The van der Waals surface area contributed by atoms with Gasteiger partial charge in [0, 0.05) is 41.3 Å². The minimum Gasteiger partial charge on any atom is -0.399 e. The number of benzene rings is 1. The summed E-state index contributed by atoms with van der Waals surface area (Å²) in [5, 5.41) is 5.29. The van der Waals surface area contributed by atoms with Crippen molar-refractivity contribution in [2.75, 3.05) is 18.8 Å². The molecule has 0 fully saturated rings. The van der Waals surface area contributed by atoms with Gasteiger partial charge in [0.1, 0.15) is 0 Å². The smallest absolute Gasteiger partial charge is 0.251 e. The molecule has 140 valence electrons. The number of nitrogens with zero attached hydrogens (tertiary/aromatic N) is 1. The molecule has 4 nitrogen and oxygen atoms in total. The summed E-state index contributed by atoms with van der Waals surface area (Å²) in [5.74, 6) is -0.0309. The number of hydrogen-bond donors (Lipinski definition) is 2. The Morgan fingerprint density at radius 3 is 2.81 bits per heavy atom. The van der Waals surface area contributed by atoms with Gasteiger partial charge in [0.15, 0.2) is 0 Å². The zero-order chi connectivity index (χ0) is 18.5. The fourth-order valence-corrected chi connectivity index (χ4v) is 4.90. The van der Waals surface area contributed by atoms with Crippen molar-refractivity contribution >= 4 is 22.9 Å². The van der Waals surface area contributed by atoms with Crippen molar-refractivity contribution in [2.45, 2.75) is 51.6 Å². The third-order valence-electron chi connectivity index (χ3n) is 5.22. The molecule has 0 spiro atoms. The molecular formula is C21H29N3OS. The van der Waals surface area contributed by atoms with Gasteiger partial charge in [0.25, 0.3) is 5.91 Å². The number of amides is 1. The Kier molecular flexibility index (Phi) is 6.33. The number of nitrogen functional groups attached to an aromatic ring is 1. The number of hydrogen-bond acceptors (Lipinski definition) is 4. The van der Waals surface area contributed by atoms with Crippen LogP contribution in [0.25, 0.3) is 0 Å². The molecule has 3 rings (SSSR count). The molecule has 2 aromatic rings. The Labute approximate surface area is 160 Å². The molecule has 5 heteroatoms. The third-order valence-corrected chi connectivity index (χ3v) is 6.29. The summed E-state index contributed by atoms with van der Waals surface area (Å²) in [4.78, 5) is 16.4. The fourth-order valence-electron chi connectivity index (χ4n) is 3.81. The van der Waals surface area contributed by atoms with Gasteiger partial charge in [0.05, 0.1) is 0 Å². The van der Waals surface area contributed by atoms with Crippen molar-refractivity contribution in [3.8, 4) is 0 Å². The third kappa shape index (κ3) is 4.27. The standard InChI is InChI=1S/C21H29N3OS/c1-3-4-5-19-20-17(10-13-26-20)14-15(2)24(19)12-11-23-21(25)16-6-8-18(22)9-7-16/h6-10,13,15,19H,3-5,11-12,14,22H2,1-2H3,(H,23,25)/t15-,19+/m1/s1. The molecule has 0 bridgehead atoms. The van der Waals surface area contributed by atoms with Crippen LogP contribution in [0.4, 0.5) is 5.69 Å². The molecule has 0 saturated carbocycles. The first-order valence-corrected chi connectivity index (χ1v) is 10.4. The van der Waals surface area contributed by atoms with Gasteiger partial charge in [0.2, 0.25) is 0 Å². The lowest BCUT2D eigenvalue weighted by molar-refractivity contribution is 0.0917. The largest absolute Gasteiger partial charge is 0.399 e. The Morgan fingerprint density at radius 2 is 2.08 bits per heavy atom. The number of anilines is 1. The summed E-state index contributed by atoms with van der Waals surface area (Å²) in [7, 11) is 0. The quantitative estimate of drug-likeness (QED) is 0.716. The van der Waals surface area contributed by atoms with E-state index in [9.17, 15) is 4.79 Å². The van der Waals surface area contributed by atoms with Gasteiger partial charge in [-0.25, -0.2) is 0 Å². The van der Waals surface area contributed by atoms with Gasteiger partial charge in [-0.1, -0.05) is 19.8 Å². The van der Waals surface area contributed by atoms with E-state index in [1.807, 2.05) is 11.3 Å². The highest BCUT2D eigenvalue weighted by Crippen LogP contribution is 2.39. The Morgan fingerprint density at radius 1 is 1.31 bits per heavy atom. The molecule has 1 aliphatic heterocycles. The lowest BCUT2D eigenvalue weighted by atomic mass is 9.93. The summed E-state index contributed by atoms with van der Waals surface area (Å²) in [6.07, 6.45) is 4.75. The second-order valence-electron chi connectivity index (χ2n) is 7.14. The van der Waals surface area contributed by atoms with Gasteiger partial charge in [-0.3, -0.25) is 9.69 Å². The molecule has 0 saturated heterocycles. The summed E-state index contributed by atoms with van der Waals surface area (Å²) >= 11 is 1.89. The van der Waals surface area contributed by atoms with E-state index in [4.69, 9.17) is 5.73 Å². The molecule has 1 aromatic carbocycles. The maximum Gasteiger partial charge on any atom is 0.251 e. The van der Waals surface area contributed by atoms with Crippen LogP contribution < -0.4 is 11.1 Å². The molecule has 1 aliphatic rings. The number of rotatable bonds is 7. The van der Waals surface area contributed by atoms with Gasteiger partial charge >= 0.3 is 0 Å². The fraction of sp³-hybridized carbons (Fsp3) is 0.476. The predicted molar refractivity (Wildman–Crippen MR) is 110 cm³/mol. The predicted octanol–water partition coefficient (Wildman–Crippen LogP) is 4.24. The highest BCUT2D eigenvalue weighted by molar-refractivity contribution is 7.10. The van der Waals surface area contributed by atoms with Crippen molar-refractivity contribution in [3.63, 3.8) is 0 Å². The van der Waals surface area contributed by atoms with Gasteiger partial charge in [-0.2, -0.15) is 0 Å². The second-order valence-corrected chi connectivity index (χ2v) is 8.08. The topological polar surface area (TPSA) is 58.4 Å². The summed E-state index contributed by atoms with van der Waals surface area (Å²) in [5.41, 5.74) is 8.54. The highest BCUT2D eigenvalue weighted by atomic mass is 32.1. The monoisotopic (exact) mass is 371 g/mol. The van der Waals surface area contributed by atoms with E-state index in [2.05, 4.69) is 35.5 Å². The Bertz CT molecular complexity index is 725. The van der Waals surface area contributed by atoms with Crippen LogP contribution in [0.2, 0.25) is 0 Å². The maximum absolute atomic E-state index is 12.3. The number of nitrogens with one attached hydrogen (secondary N) is 1. The van der Waals surface area contributed by atoms with E-state index in [0.29, 0.717) is 29.9 Å². The van der Waals surface area contributed by atoms with Crippen molar-refractivity contribution in [2.24, 2.45) is 0 Å². The molecule has 2 heterocycles. The highest BCUT2D eigenvalue weighted by Gasteiger charge is 2.32. The van der Waals surface area contributed by atoms with Crippen LogP contribution in [0.3, 0.4) is 0 Å². The lowest BCUT2D eigenvalue weighted by Gasteiger charge is -2.40. The zero-order valence-corrected chi connectivity index (χ0v) is 16.5. The first-order valence-electron chi connectivity index (χ1n) is 9.56. The van der Waals surface area contributed by atoms with Crippen LogP contribution in [-0.2, 0) is 6.42 Å². The molecule has 1 aromatic heterocycles. The molecule has 0 radical (unpaired) electrons. The van der Waals surface area contributed by atoms with Crippen molar-refractivity contribution in [1.82, 2.24) is 10.2 Å². The normalized spacial score (nSPS) is 19.9. The van der Waals surface area contributed by atoms with Crippen molar-refractivity contribution in [1.29, 1.82) is 0 Å². The minimum atomic E-state index is -0.0309. The summed E-state index contributed by atoms with van der Waals surface area (Å²) in [6.45, 7) is 6.10. The number of nitrogens with two attached hydrogens (primary N) is 1. The van der Waals surface area contributed by atoms with E-state index in [1.54, 1.807) is 24.3 Å². The van der Waals surface area contributed by atoms with Crippen LogP contribution in [-0.4, -0.2) is 29.9 Å². The first-order chi connectivity index (χ1) is 12.6. The molecule has 0 aliphatic carbocycles. The van der Waals surface area contributed by atoms with Crippen molar-refractivity contribution in [3.05, 3.63) is 51.7 Å². The zero-order valence-electron chi connectivity index (χ0n) is 15.7. The van der Waals surface area contributed by atoms with Crippen molar-refractivity contribution < 1.29 is 4.79 Å². The SMILES string of the molecule is CCCC[C@H]1c2sccc2C[C@@H](C)N1CCNC(=O)c1ccc(N)cc1. The van der Waals surface area contributed by atoms with Gasteiger partial charge in [-0.15, -0.1) is 11.3 Å². The number of unbranched alkanes of at least 4 members (excludes halogenated alkanes) is 1. The van der Waals surface area contributed by atoms with Crippen LogP contribution in [0, 0.1) is 0 Å². The second kappa shape index (κ2) is 8.69. The van der Waals surface area contributed by atoms with E-state index >= 15 is 0 Å². The number of carbonyl (C=O) groups excluding carboxylic acids is 1. The molecule has 3 N–H and O–H groups in total. The number of carbonyl (C=O) groups is 1.